The normalized spacial score (nSPS) is 13.5. The lowest BCUT2D eigenvalue weighted by Crippen LogP contribution is -2.23. The fourth-order valence-corrected chi connectivity index (χ4v) is 1.94. The van der Waals surface area contributed by atoms with Crippen LogP contribution in [-0.2, 0) is 9.59 Å². The number of aliphatic carboxylic acids is 1. The molecule has 3 nitrogen and oxygen atoms in total. The highest BCUT2D eigenvalue weighted by molar-refractivity contribution is 9.09. The summed E-state index contributed by atoms with van der Waals surface area (Å²) in [5.41, 5.74) is 0.218. The van der Waals surface area contributed by atoms with Gasteiger partial charge in [0.05, 0.1) is 0 Å². The summed E-state index contributed by atoms with van der Waals surface area (Å²) in [6.07, 6.45) is 1.79. The van der Waals surface area contributed by atoms with Gasteiger partial charge in [-0.05, 0) is 24.2 Å². The highest BCUT2D eigenvalue weighted by Crippen LogP contribution is 2.32. The van der Waals surface area contributed by atoms with Gasteiger partial charge in [0.25, 0.3) is 0 Å². The zero-order valence-corrected chi connectivity index (χ0v) is 11.8. The van der Waals surface area contributed by atoms with Crippen molar-refractivity contribution < 1.29 is 14.7 Å². The van der Waals surface area contributed by atoms with Crippen LogP contribution in [0.15, 0.2) is 0 Å². The Balaban J connectivity index is 3.82. The lowest BCUT2D eigenvalue weighted by atomic mass is 9.79. The van der Waals surface area contributed by atoms with Gasteiger partial charge in [0.2, 0.25) is 0 Å². The molecule has 4 heteroatoms. The van der Waals surface area contributed by atoms with Crippen LogP contribution < -0.4 is 0 Å². The molecule has 0 fully saturated rings. The maximum absolute atomic E-state index is 11.2. The Bertz CT molecular complexity index is 249. The number of carbonyl (C=O) groups is 2. The first-order valence-electron chi connectivity index (χ1n) is 5.59. The molecule has 0 rings (SSSR count). The van der Waals surface area contributed by atoms with Crippen molar-refractivity contribution in [1.82, 2.24) is 0 Å². The van der Waals surface area contributed by atoms with Gasteiger partial charge < -0.3 is 5.11 Å². The zero-order valence-electron chi connectivity index (χ0n) is 10.3. The van der Waals surface area contributed by atoms with Crippen molar-refractivity contribution in [3.05, 3.63) is 0 Å². The fourth-order valence-electron chi connectivity index (χ4n) is 1.38. The van der Waals surface area contributed by atoms with Gasteiger partial charge in [0.15, 0.2) is 0 Å². The number of hydrogen-bond donors (Lipinski definition) is 1. The summed E-state index contributed by atoms with van der Waals surface area (Å²) < 4.78 is 0. The average molecular weight is 293 g/mol. The van der Waals surface area contributed by atoms with Crippen molar-refractivity contribution in [2.45, 2.75) is 46.5 Å². The molecule has 0 aliphatic rings. The summed E-state index contributed by atoms with van der Waals surface area (Å²) in [5, 5.41) is 9.37. The molecule has 0 aromatic carbocycles. The second-order valence-electron chi connectivity index (χ2n) is 5.02. The maximum atomic E-state index is 11.2. The highest BCUT2D eigenvalue weighted by Gasteiger charge is 2.24. The Morgan fingerprint density at radius 1 is 1.38 bits per heavy atom. The molecule has 0 heterocycles. The minimum atomic E-state index is -1.03. The second kappa shape index (κ2) is 7.05. The minimum absolute atomic E-state index is 0.170. The predicted octanol–water partition coefficient (Wildman–Crippen LogP) is 3.26. The smallest absolute Gasteiger partial charge is 0.310 e. The molecule has 0 amide bonds. The van der Waals surface area contributed by atoms with Crippen LogP contribution in [0.2, 0.25) is 0 Å². The predicted molar refractivity (Wildman–Crippen MR) is 67.8 cm³/mol. The Labute approximate surface area is 106 Å². The number of ketones is 1. The molecule has 0 aromatic heterocycles. The first kappa shape index (κ1) is 15.6. The van der Waals surface area contributed by atoms with E-state index < -0.39 is 5.97 Å². The van der Waals surface area contributed by atoms with Gasteiger partial charge in [0, 0.05) is 11.8 Å². The molecule has 1 unspecified atom stereocenters. The van der Waals surface area contributed by atoms with Crippen LogP contribution >= 0.6 is 15.9 Å². The van der Waals surface area contributed by atoms with Crippen LogP contribution in [-0.4, -0.2) is 22.2 Å². The molecule has 1 N–H and O–H groups in total. The number of hydrogen-bond acceptors (Lipinski definition) is 2. The first-order valence-corrected chi connectivity index (χ1v) is 6.71. The molecule has 0 aliphatic carbocycles. The summed E-state index contributed by atoms with van der Waals surface area (Å²) in [6, 6.07) is 0. The zero-order chi connectivity index (χ0) is 12.8. The molecule has 0 bridgehead atoms. The molecule has 0 aliphatic heterocycles. The van der Waals surface area contributed by atoms with Gasteiger partial charge in [-0.1, -0.05) is 36.7 Å². The van der Waals surface area contributed by atoms with E-state index in [2.05, 4.69) is 36.7 Å². The van der Waals surface area contributed by atoms with E-state index in [9.17, 15) is 9.59 Å². The van der Waals surface area contributed by atoms with Gasteiger partial charge in [-0.2, -0.15) is 0 Å². The Morgan fingerprint density at radius 3 is 2.38 bits per heavy atom. The molecular formula is C12H21BrO3. The van der Waals surface area contributed by atoms with Crippen LogP contribution in [0.1, 0.15) is 46.5 Å². The Kier molecular flexibility index (Phi) is 6.88. The molecule has 16 heavy (non-hydrogen) atoms. The van der Waals surface area contributed by atoms with Crippen molar-refractivity contribution in [1.29, 1.82) is 0 Å². The number of halogens is 1. The van der Waals surface area contributed by atoms with Crippen molar-refractivity contribution in [2.24, 2.45) is 11.3 Å². The molecule has 94 valence electrons. The molecule has 0 aromatic rings. The second-order valence-corrected chi connectivity index (χ2v) is 5.59. The van der Waals surface area contributed by atoms with Crippen LogP contribution in [0.5, 0.6) is 0 Å². The van der Waals surface area contributed by atoms with Gasteiger partial charge >= 0.3 is 5.97 Å². The van der Waals surface area contributed by atoms with E-state index >= 15 is 0 Å². The third-order valence-corrected chi connectivity index (χ3v) is 4.56. The van der Waals surface area contributed by atoms with Crippen LogP contribution in [0, 0.1) is 11.3 Å². The number of carboxylic acids is 1. The lowest BCUT2D eigenvalue weighted by molar-refractivity contribution is -0.140. The first-order chi connectivity index (χ1) is 7.29. The van der Waals surface area contributed by atoms with Crippen molar-refractivity contribution in [3.8, 4) is 0 Å². The monoisotopic (exact) mass is 292 g/mol. The fraction of sp³-hybridized carbons (Fsp3) is 0.833. The van der Waals surface area contributed by atoms with E-state index in [-0.39, 0.29) is 17.6 Å². The Morgan fingerprint density at radius 2 is 1.94 bits per heavy atom. The topological polar surface area (TPSA) is 54.4 Å². The number of carbonyl (C=O) groups excluding carboxylic acids is 1. The summed E-state index contributed by atoms with van der Waals surface area (Å²) in [6.45, 7) is 6.54. The van der Waals surface area contributed by atoms with Gasteiger partial charge in [-0.15, -0.1) is 0 Å². The largest absolute Gasteiger partial charge is 0.481 e. The number of Topliss-reactive ketones (excluding diaryl/α,β-unsaturated/α-hetero) is 1. The van der Waals surface area contributed by atoms with E-state index in [1.165, 1.54) is 0 Å². The molecule has 0 radical (unpaired) electrons. The maximum Gasteiger partial charge on any atom is 0.310 e. The quantitative estimate of drug-likeness (QED) is 0.552. The van der Waals surface area contributed by atoms with E-state index in [0.29, 0.717) is 12.3 Å². The molecule has 0 saturated carbocycles. The van der Waals surface area contributed by atoms with Gasteiger partial charge in [-0.25, -0.2) is 0 Å². The van der Waals surface area contributed by atoms with Crippen molar-refractivity contribution in [2.75, 3.05) is 5.33 Å². The molecular weight excluding hydrogens is 272 g/mol. The van der Waals surface area contributed by atoms with Gasteiger partial charge in [0.1, 0.15) is 12.2 Å². The summed E-state index contributed by atoms with van der Waals surface area (Å²) >= 11 is 3.48. The lowest BCUT2D eigenvalue weighted by Gasteiger charge is -2.29. The van der Waals surface area contributed by atoms with E-state index in [1.807, 2.05) is 0 Å². The SMILES string of the molecule is CC(CCCC(=O)CC(=O)O)C(C)(C)CBr. The summed E-state index contributed by atoms with van der Waals surface area (Å²) in [5.74, 6) is -0.681. The third-order valence-electron chi connectivity index (χ3n) is 3.12. The third kappa shape index (κ3) is 6.26. The van der Waals surface area contributed by atoms with Gasteiger partial charge in [-0.3, -0.25) is 9.59 Å². The summed E-state index contributed by atoms with van der Waals surface area (Å²) in [4.78, 5) is 21.4. The molecule has 0 saturated heterocycles. The van der Waals surface area contributed by atoms with E-state index in [0.717, 1.165) is 18.2 Å². The number of carboxylic acid groups (broad SMARTS) is 1. The minimum Gasteiger partial charge on any atom is -0.481 e. The highest BCUT2D eigenvalue weighted by atomic mass is 79.9. The Hall–Kier alpha value is -0.380. The van der Waals surface area contributed by atoms with Crippen LogP contribution in [0.4, 0.5) is 0 Å². The van der Waals surface area contributed by atoms with Crippen molar-refractivity contribution >= 4 is 27.7 Å². The van der Waals surface area contributed by atoms with E-state index in [4.69, 9.17) is 5.11 Å². The standard InChI is InChI=1S/C12H21BrO3/c1-9(12(2,3)8-13)5-4-6-10(14)7-11(15)16/h9H,4-8H2,1-3H3,(H,15,16). The summed E-state index contributed by atoms with van der Waals surface area (Å²) in [7, 11) is 0. The van der Waals surface area contributed by atoms with E-state index in [1.54, 1.807) is 0 Å². The molecule has 0 spiro atoms. The number of rotatable bonds is 8. The average Bonchev–Trinajstić information content (AvgIpc) is 2.16. The van der Waals surface area contributed by atoms with Crippen molar-refractivity contribution in [3.63, 3.8) is 0 Å². The number of alkyl halides is 1. The van der Waals surface area contributed by atoms with Crippen LogP contribution in [0.25, 0.3) is 0 Å². The molecule has 1 atom stereocenters. The van der Waals surface area contributed by atoms with Crippen LogP contribution in [0.3, 0.4) is 0 Å².